The summed E-state index contributed by atoms with van der Waals surface area (Å²) >= 11 is 9.52. The van der Waals surface area contributed by atoms with E-state index in [2.05, 4.69) is 30.9 Å². The van der Waals surface area contributed by atoms with Crippen LogP contribution in [0.2, 0.25) is 5.15 Å². The summed E-state index contributed by atoms with van der Waals surface area (Å²) in [4.78, 5) is 11.6. The minimum Gasteiger partial charge on any atom is -0.369 e. The van der Waals surface area contributed by atoms with Gasteiger partial charge < -0.3 is 9.72 Å². The molecule has 0 amide bonds. The first-order valence-corrected chi connectivity index (χ1v) is 7.21. The number of fused-ring (bicyclic) bond motifs is 1. The predicted molar refractivity (Wildman–Crippen MR) is 80.6 cm³/mol. The average molecular weight is 353 g/mol. The van der Waals surface area contributed by atoms with Crippen LogP contribution in [0.1, 0.15) is 11.4 Å². The van der Waals surface area contributed by atoms with Gasteiger partial charge in [0, 0.05) is 6.20 Å². The van der Waals surface area contributed by atoms with Crippen molar-refractivity contribution >= 4 is 27.5 Å². The molecule has 2 aliphatic rings. The fourth-order valence-corrected chi connectivity index (χ4v) is 2.53. The topological polar surface area (TPSA) is 50.8 Å². The molecule has 2 heterocycles. The third-order valence-electron chi connectivity index (χ3n) is 2.83. The maximum absolute atomic E-state index is 6.10. The first-order valence-electron chi connectivity index (χ1n) is 6.04. The molecule has 6 heteroatoms. The number of aromatic amines is 1. The van der Waals surface area contributed by atoms with Crippen molar-refractivity contribution in [3.63, 3.8) is 0 Å². The van der Waals surface area contributed by atoms with Gasteiger partial charge in [-0.25, -0.2) is 4.98 Å². The van der Waals surface area contributed by atoms with E-state index < -0.39 is 0 Å². The van der Waals surface area contributed by atoms with Gasteiger partial charge in [0.05, 0.1) is 16.8 Å². The molecule has 0 unspecified atom stereocenters. The summed E-state index contributed by atoms with van der Waals surface area (Å²) < 4.78 is 6.50. The van der Waals surface area contributed by atoms with E-state index >= 15 is 0 Å². The summed E-state index contributed by atoms with van der Waals surface area (Å²) in [7, 11) is 0. The molecule has 0 aromatic heterocycles. The molecule has 0 saturated carbocycles. The van der Waals surface area contributed by atoms with Crippen LogP contribution in [0.4, 0.5) is 0 Å². The van der Waals surface area contributed by atoms with E-state index in [-0.39, 0.29) is 0 Å². The number of hydrogen-bond acceptors (Lipinski definition) is 3. The molecule has 0 aliphatic carbocycles. The van der Waals surface area contributed by atoms with Crippen LogP contribution in [-0.2, 0) is 18.0 Å². The van der Waals surface area contributed by atoms with Gasteiger partial charge >= 0.3 is 0 Å². The Morgan fingerprint density at radius 2 is 2.00 bits per heavy atom. The van der Waals surface area contributed by atoms with E-state index in [1.807, 2.05) is 30.3 Å². The van der Waals surface area contributed by atoms with Gasteiger partial charge in [-0.05, 0) is 21.5 Å². The van der Waals surface area contributed by atoms with Crippen molar-refractivity contribution in [2.75, 3.05) is 0 Å². The number of benzene rings is 1. The van der Waals surface area contributed by atoms with E-state index in [0.29, 0.717) is 29.9 Å². The van der Waals surface area contributed by atoms with E-state index in [1.54, 1.807) is 6.20 Å². The fraction of sp³-hybridized carbons (Fsp3) is 0.143. The van der Waals surface area contributed by atoms with Crippen molar-refractivity contribution in [3.05, 3.63) is 57.5 Å². The molecule has 0 atom stereocenters. The van der Waals surface area contributed by atoms with Crippen molar-refractivity contribution in [1.82, 2.24) is 15.0 Å². The fourth-order valence-electron chi connectivity index (χ4n) is 1.89. The van der Waals surface area contributed by atoms with Gasteiger partial charge in [-0.15, -0.1) is 0 Å². The van der Waals surface area contributed by atoms with Crippen LogP contribution in [0.5, 0.6) is 0 Å². The molecular formula is C14H11BrClN3O. The van der Waals surface area contributed by atoms with Gasteiger partial charge in [-0.3, -0.25) is 4.98 Å². The normalized spacial score (nSPS) is 11.1. The number of hydrogen-bond donors (Lipinski definition) is 1. The minimum absolute atomic E-state index is 0.363. The maximum atomic E-state index is 6.10. The zero-order valence-corrected chi connectivity index (χ0v) is 12.8. The van der Waals surface area contributed by atoms with Crippen molar-refractivity contribution < 1.29 is 4.74 Å². The molecule has 1 N–H and O–H groups in total. The van der Waals surface area contributed by atoms with Crippen LogP contribution in [0.25, 0.3) is 11.4 Å². The summed E-state index contributed by atoms with van der Waals surface area (Å²) in [5.74, 6) is 0.673. The van der Waals surface area contributed by atoms with Crippen LogP contribution in [0.3, 0.4) is 0 Å². The first kappa shape index (κ1) is 13.5. The molecule has 1 aromatic rings. The number of halogens is 2. The highest BCUT2D eigenvalue weighted by Crippen LogP contribution is 2.32. The predicted octanol–water partition coefficient (Wildman–Crippen LogP) is 4.04. The molecular weight excluding hydrogens is 342 g/mol. The lowest BCUT2D eigenvalue weighted by Crippen LogP contribution is -2.02. The Bertz CT molecular complexity index is 686. The van der Waals surface area contributed by atoms with Gasteiger partial charge in [0.1, 0.15) is 18.1 Å². The first-order chi connectivity index (χ1) is 9.74. The molecule has 0 saturated heterocycles. The van der Waals surface area contributed by atoms with Crippen LogP contribution in [0.15, 0.2) is 41.0 Å². The van der Waals surface area contributed by atoms with Gasteiger partial charge in [0.2, 0.25) is 0 Å². The Hall–Kier alpha value is -1.43. The van der Waals surface area contributed by atoms with E-state index in [0.717, 1.165) is 15.7 Å². The molecule has 3 rings (SSSR count). The standard InChI is InChI=1S/C14H11BrClN3O/c15-10-6-17-13-12(10)18-11(19-14(13)16)8-20-7-9-4-2-1-3-5-9/h1-6H,7-8H2,(H,18,19). The van der Waals surface area contributed by atoms with Gasteiger partial charge in [-0.2, -0.15) is 0 Å². The summed E-state index contributed by atoms with van der Waals surface area (Å²) in [5, 5.41) is 0.378. The van der Waals surface area contributed by atoms with E-state index in [9.17, 15) is 0 Å². The molecule has 20 heavy (non-hydrogen) atoms. The summed E-state index contributed by atoms with van der Waals surface area (Å²) in [6, 6.07) is 9.99. The van der Waals surface area contributed by atoms with Crippen molar-refractivity contribution in [2.45, 2.75) is 13.2 Å². The second-order valence-corrected chi connectivity index (χ2v) is 5.49. The van der Waals surface area contributed by atoms with Crippen LogP contribution in [-0.4, -0.2) is 15.0 Å². The molecule has 102 valence electrons. The number of H-pyrrole nitrogens is 1. The zero-order chi connectivity index (χ0) is 13.9. The lowest BCUT2D eigenvalue weighted by molar-refractivity contribution is 0.102. The number of ether oxygens (including phenoxy) is 1. The minimum atomic E-state index is 0.363. The van der Waals surface area contributed by atoms with E-state index in [4.69, 9.17) is 16.3 Å². The van der Waals surface area contributed by atoms with Crippen molar-refractivity contribution in [3.8, 4) is 11.4 Å². The van der Waals surface area contributed by atoms with E-state index in [1.165, 1.54) is 0 Å². The number of nitrogens with one attached hydrogen (secondary N) is 1. The highest BCUT2D eigenvalue weighted by Gasteiger charge is 2.16. The Morgan fingerprint density at radius 3 is 2.80 bits per heavy atom. The number of nitrogens with zero attached hydrogens (tertiary/aromatic N) is 2. The smallest absolute Gasteiger partial charge is 0.158 e. The van der Waals surface area contributed by atoms with Crippen molar-refractivity contribution in [2.24, 2.45) is 0 Å². The Balaban J connectivity index is 1.72. The lowest BCUT2D eigenvalue weighted by Gasteiger charge is -2.08. The van der Waals surface area contributed by atoms with Crippen LogP contribution in [0, 0.1) is 0 Å². The SMILES string of the molecule is Clc1nc(COCc2ccccc2)[nH]c2c(Br)cnc1-2. The highest BCUT2D eigenvalue weighted by atomic mass is 79.9. The maximum Gasteiger partial charge on any atom is 0.158 e. The summed E-state index contributed by atoms with van der Waals surface area (Å²) in [6.07, 6.45) is 1.70. The third kappa shape index (κ3) is 2.85. The quantitative estimate of drug-likeness (QED) is 0.721. The Labute approximate surface area is 129 Å². The Morgan fingerprint density at radius 1 is 1.20 bits per heavy atom. The van der Waals surface area contributed by atoms with Crippen LogP contribution < -0.4 is 0 Å². The summed E-state index contributed by atoms with van der Waals surface area (Å²) in [6.45, 7) is 0.897. The molecule has 4 nitrogen and oxygen atoms in total. The molecule has 0 spiro atoms. The lowest BCUT2D eigenvalue weighted by atomic mass is 10.2. The Kier molecular flexibility index (Phi) is 4.00. The second kappa shape index (κ2) is 5.91. The van der Waals surface area contributed by atoms with Gasteiger partial charge in [0.15, 0.2) is 5.15 Å². The third-order valence-corrected chi connectivity index (χ3v) is 3.70. The van der Waals surface area contributed by atoms with Crippen molar-refractivity contribution in [1.29, 1.82) is 0 Å². The molecule has 1 aromatic carbocycles. The van der Waals surface area contributed by atoms with Gasteiger partial charge in [0.25, 0.3) is 0 Å². The number of aromatic nitrogens is 3. The summed E-state index contributed by atoms with van der Waals surface area (Å²) in [5.41, 5.74) is 2.62. The second-order valence-electron chi connectivity index (χ2n) is 4.28. The highest BCUT2D eigenvalue weighted by molar-refractivity contribution is 9.10. The zero-order valence-electron chi connectivity index (χ0n) is 10.4. The number of rotatable bonds is 4. The van der Waals surface area contributed by atoms with Crippen LogP contribution >= 0.6 is 27.5 Å². The molecule has 0 fully saturated rings. The monoisotopic (exact) mass is 351 g/mol. The molecule has 0 radical (unpaired) electrons. The van der Waals surface area contributed by atoms with Gasteiger partial charge in [-0.1, -0.05) is 41.9 Å². The molecule has 2 aliphatic heterocycles. The molecule has 0 bridgehead atoms. The largest absolute Gasteiger partial charge is 0.369 e. The average Bonchev–Trinajstić information content (AvgIpc) is 2.82.